The molecule has 3 aromatic carbocycles. The van der Waals surface area contributed by atoms with Crippen LogP contribution < -0.4 is 19.6 Å². The van der Waals surface area contributed by atoms with Crippen molar-refractivity contribution in [3.8, 4) is 5.75 Å². The zero-order valence-electron chi connectivity index (χ0n) is 23.0. The Morgan fingerprint density at radius 2 is 1.85 bits per heavy atom. The van der Waals surface area contributed by atoms with Crippen LogP contribution in [0.3, 0.4) is 0 Å². The fraction of sp³-hybridized carbons (Fsp3) is 0.219. The number of aromatic nitrogens is 1. The number of ether oxygens (including phenoxy) is 2. The number of benzene rings is 3. The van der Waals surface area contributed by atoms with Gasteiger partial charge in [-0.05, 0) is 64.8 Å². The van der Waals surface area contributed by atoms with Crippen molar-refractivity contribution in [3.05, 3.63) is 122 Å². The van der Waals surface area contributed by atoms with E-state index in [1.807, 2.05) is 60.7 Å². The minimum Gasteiger partial charge on any atom is -0.495 e. The van der Waals surface area contributed by atoms with E-state index in [1.54, 1.807) is 18.6 Å². The minimum absolute atomic E-state index is 0.204. The lowest BCUT2D eigenvalue weighted by Gasteiger charge is -2.26. The van der Waals surface area contributed by atoms with Gasteiger partial charge in [0, 0.05) is 15.6 Å². The summed E-state index contributed by atoms with van der Waals surface area (Å²) in [5, 5.41) is 0. The maximum absolute atomic E-state index is 14.2. The second-order valence-corrected chi connectivity index (χ2v) is 12.8. The third-order valence-corrected chi connectivity index (χ3v) is 9.06. The number of methoxy groups -OCH3 is 1. The number of carbonyl (C=O) groups is 1. The highest BCUT2D eigenvalue weighted by Gasteiger charge is 2.35. The molecule has 5 rings (SSSR count). The van der Waals surface area contributed by atoms with E-state index >= 15 is 0 Å². The van der Waals surface area contributed by atoms with Crippen LogP contribution in [0.5, 0.6) is 5.75 Å². The van der Waals surface area contributed by atoms with E-state index in [0.29, 0.717) is 32.3 Å². The lowest BCUT2D eigenvalue weighted by atomic mass is 9.91. The first-order chi connectivity index (χ1) is 19.7. The van der Waals surface area contributed by atoms with Gasteiger partial charge in [-0.3, -0.25) is 9.36 Å². The maximum atomic E-state index is 14.2. The normalized spacial score (nSPS) is 15.1. The quantitative estimate of drug-likeness (QED) is 0.162. The molecule has 0 saturated carbocycles. The number of hydrogen-bond acceptors (Lipinski definition) is 6. The van der Waals surface area contributed by atoms with E-state index in [9.17, 15) is 9.59 Å². The average molecular weight is 743 g/mol. The van der Waals surface area contributed by atoms with Gasteiger partial charge in [-0.25, -0.2) is 9.79 Å². The number of thiazole rings is 1. The van der Waals surface area contributed by atoms with Gasteiger partial charge in [-0.15, -0.1) is 0 Å². The summed E-state index contributed by atoms with van der Waals surface area (Å²) in [6, 6.07) is 20.8. The third-order valence-electron chi connectivity index (χ3n) is 6.82. The van der Waals surface area contributed by atoms with Gasteiger partial charge in [-0.1, -0.05) is 95.7 Å². The second kappa shape index (κ2) is 12.5. The fourth-order valence-corrected chi connectivity index (χ4v) is 7.63. The molecule has 0 spiro atoms. The van der Waals surface area contributed by atoms with Crippen molar-refractivity contribution in [2.24, 2.45) is 4.99 Å². The zero-order chi connectivity index (χ0) is 29.3. The molecule has 1 aromatic heterocycles. The van der Waals surface area contributed by atoms with Gasteiger partial charge in [0.25, 0.3) is 5.56 Å². The SMILES string of the molecule is CCOC(=O)C1=C(c2ccccc2)N=c2s/c(=C\c3cc(Br)cc(I)c3OC)c(=O)n2[C@H]1c1ccc(C(C)C)cc1. The molecule has 0 radical (unpaired) electrons. The first kappa shape index (κ1) is 29.5. The monoisotopic (exact) mass is 742 g/mol. The lowest BCUT2D eigenvalue weighted by Crippen LogP contribution is -2.40. The molecule has 1 aliphatic rings. The number of esters is 1. The molecule has 0 N–H and O–H groups in total. The van der Waals surface area contributed by atoms with Crippen molar-refractivity contribution >= 4 is 67.6 Å². The number of nitrogens with zero attached hydrogens (tertiary/aromatic N) is 2. The fourth-order valence-electron chi connectivity index (χ4n) is 4.86. The van der Waals surface area contributed by atoms with Gasteiger partial charge in [0.05, 0.1) is 39.1 Å². The molecule has 4 aromatic rings. The molecule has 0 fully saturated rings. The van der Waals surface area contributed by atoms with Gasteiger partial charge in [0.15, 0.2) is 4.80 Å². The Bertz CT molecular complexity index is 1830. The van der Waals surface area contributed by atoms with E-state index in [0.717, 1.165) is 24.7 Å². The second-order valence-electron chi connectivity index (χ2n) is 9.76. The standard InChI is InChI=1S/C32H28BrIN2O4S/c1-5-40-31(38)26-27(20-9-7-6-8-10-20)35-32-36(28(26)21-13-11-19(12-14-21)18(2)3)30(37)25(41-32)16-22-15-23(33)17-24(34)29(22)39-4/h6-18,28H,5H2,1-4H3/b25-16-/t28-/m0/s1. The van der Waals surface area contributed by atoms with E-state index in [4.69, 9.17) is 14.5 Å². The maximum Gasteiger partial charge on any atom is 0.338 e. The molecule has 1 atom stereocenters. The number of carbonyl (C=O) groups excluding carboxylic acids is 1. The molecule has 0 unspecified atom stereocenters. The Balaban J connectivity index is 1.83. The van der Waals surface area contributed by atoms with E-state index < -0.39 is 12.0 Å². The Labute approximate surface area is 264 Å². The first-order valence-electron chi connectivity index (χ1n) is 13.1. The molecule has 0 amide bonds. The summed E-state index contributed by atoms with van der Waals surface area (Å²) in [5.41, 5.74) is 4.12. The Hall–Kier alpha value is -3.02. The van der Waals surface area contributed by atoms with Crippen LogP contribution in [0.1, 0.15) is 55.0 Å². The molecule has 0 saturated heterocycles. The van der Waals surface area contributed by atoms with Crippen LogP contribution in [0.15, 0.2) is 86.6 Å². The van der Waals surface area contributed by atoms with Crippen LogP contribution in [0.2, 0.25) is 0 Å². The summed E-state index contributed by atoms with van der Waals surface area (Å²) in [7, 11) is 1.61. The van der Waals surface area contributed by atoms with Crippen LogP contribution in [0.4, 0.5) is 0 Å². The lowest BCUT2D eigenvalue weighted by molar-refractivity contribution is -0.138. The van der Waals surface area contributed by atoms with Gasteiger partial charge >= 0.3 is 5.97 Å². The van der Waals surface area contributed by atoms with Crippen molar-refractivity contribution in [3.63, 3.8) is 0 Å². The van der Waals surface area contributed by atoms with Crippen LogP contribution in [0.25, 0.3) is 11.8 Å². The largest absolute Gasteiger partial charge is 0.495 e. The summed E-state index contributed by atoms with van der Waals surface area (Å²) in [6.45, 7) is 6.24. The molecule has 0 aliphatic carbocycles. The highest BCUT2D eigenvalue weighted by atomic mass is 127. The molecule has 9 heteroatoms. The summed E-state index contributed by atoms with van der Waals surface area (Å²) < 4.78 is 15.1. The van der Waals surface area contributed by atoms with E-state index in [1.165, 1.54) is 16.9 Å². The Kier molecular flexibility index (Phi) is 8.96. The van der Waals surface area contributed by atoms with Crippen LogP contribution in [0, 0.1) is 3.57 Å². The highest BCUT2D eigenvalue weighted by Crippen LogP contribution is 2.36. The molecule has 210 valence electrons. The number of halogens is 2. The van der Waals surface area contributed by atoms with Crippen LogP contribution in [-0.4, -0.2) is 24.3 Å². The topological polar surface area (TPSA) is 69.9 Å². The number of hydrogen-bond donors (Lipinski definition) is 0. The van der Waals surface area contributed by atoms with Gasteiger partial charge in [0.1, 0.15) is 5.75 Å². The Morgan fingerprint density at radius 3 is 2.49 bits per heavy atom. The zero-order valence-corrected chi connectivity index (χ0v) is 27.5. The first-order valence-corrected chi connectivity index (χ1v) is 15.8. The number of fused-ring (bicyclic) bond motifs is 1. The summed E-state index contributed by atoms with van der Waals surface area (Å²) >= 11 is 7.06. The molecule has 1 aliphatic heterocycles. The van der Waals surface area contributed by atoms with Gasteiger partial charge in [-0.2, -0.15) is 0 Å². The predicted molar refractivity (Wildman–Crippen MR) is 175 cm³/mol. The van der Waals surface area contributed by atoms with Crippen molar-refractivity contribution < 1.29 is 14.3 Å². The predicted octanol–water partition coefficient (Wildman–Crippen LogP) is 6.43. The third kappa shape index (κ3) is 5.85. The molecule has 6 nitrogen and oxygen atoms in total. The molecule has 0 bridgehead atoms. The summed E-state index contributed by atoms with van der Waals surface area (Å²) in [4.78, 5) is 33.2. The summed E-state index contributed by atoms with van der Waals surface area (Å²) in [5.74, 6) is 0.525. The molecule has 2 heterocycles. The van der Waals surface area contributed by atoms with Crippen molar-refractivity contribution in [2.45, 2.75) is 32.7 Å². The van der Waals surface area contributed by atoms with Gasteiger partial charge < -0.3 is 9.47 Å². The van der Waals surface area contributed by atoms with Crippen LogP contribution >= 0.6 is 49.9 Å². The highest BCUT2D eigenvalue weighted by molar-refractivity contribution is 14.1. The molecule has 41 heavy (non-hydrogen) atoms. The van der Waals surface area contributed by atoms with Crippen molar-refractivity contribution in [1.29, 1.82) is 0 Å². The van der Waals surface area contributed by atoms with Crippen molar-refractivity contribution in [1.82, 2.24) is 4.57 Å². The van der Waals surface area contributed by atoms with Gasteiger partial charge in [0.2, 0.25) is 0 Å². The molecular formula is C32H28BrIN2O4S. The van der Waals surface area contributed by atoms with Crippen LogP contribution in [-0.2, 0) is 9.53 Å². The summed E-state index contributed by atoms with van der Waals surface area (Å²) in [6.07, 6.45) is 1.82. The number of rotatable bonds is 7. The average Bonchev–Trinajstić information content (AvgIpc) is 3.26. The smallest absolute Gasteiger partial charge is 0.338 e. The minimum atomic E-state index is -0.714. The Morgan fingerprint density at radius 1 is 1.15 bits per heavy atom. The van der Waals surface area contributed by atoms with E-state index in [-0.39, 0.29) is 12.2 Å². The van der Waals surface area contributed by atoms with E-state index in [2.05, 4.69) is 64.5 Å². The van der Waals surface area contributed by atoms with Crippen molar-refractivity contribution in [2.75, 3.05) is 13.7 Å². The molecular weight excluding hydrogens is 715 g/mol.